The van der Waals surface area contributed by atoms with Crippen molar-refractivity contribution in [1.82, 2.24) is 0 Å². The fourth-order valence-electron chi connectivity index (χ4n) is 2.21. The third-order valence-corrected chi connectivity index (χ3v) is 3.17. The van der Waals surface area contributed by atoms with Gasteiger partial charge in [-0.25, -0.2) is 0 Å². The molecular weight excluding hydrogens is 222 g/mol. The molecule has 1 N–H and O–H groups in total. The number of anilines is 1. The van der Waals surface area contributed by atoms with Crippen LogP contribution in [-0.4, -0.2) is 0 Å². The minimum absolute atomic E-state index is 1.00. The van der Waals surface area contributed by atoms with E-state index < -0.39 is 0 Å². The van der Waals surface area contributed by atoms with Gasteiger partial charge in [0.05, 0.1) is 12.5 Å². The Kier molecular flexibility index (Phi) is 3.01. The highest BCUT2D eigenvalue weighted by Crippen LogP contribution is 2.29. The Balaban J connectivity index is 1.83. The molecule has 2 nitrogen and oxygen atoms in total. The Bertz CT molecular complexity index is 579. The molecule has 0 spiro atoms. The second kappa shape index (κ2) is 4.96. The van der Waals surface area contributed by atoms with Gasteiger partial charge in [-0.3, -0.25) is 0 Å². The molecule has 0 amide bonds. The predicted octanol–water partition coefficient (Wildman–Crippen LogP) is 4.24. The fraction of sp³-hybridized carbons (Fsp3) is 0.125. The quantitative estimate of drug-likeness (QED) is 0.864. The number of fused-ring (bicyclic) bond motifs is 1. The van der Waals surface area contributed by atoms with Gasteiger partial charge in [0.2, 0.25) is 0 Å². The Morgan fingerprint density at radius 1 is 1.06 bits per heavy atom. The zero-order valence-electron chi connectivity index (χ0n) is 10.1. The lowest BCUT2D eigenvalue weighted by Gasteiger charge is -2.10. The molecule has 0 atom stereocenters. The summed E-state index contributed by atoms with van der Waals surface area (Å²) in [5, 5.41) is 3.30. The van der Waals surface area contributed by atoms with Crippen LogP contribution in [0.5, 0.6) is 0 Å². The SMILES string of the molecule is C1=CNc2ccccc2C(CCc2ccoc2)=C1. The molecule has 2 aromatic rings. The molecule has 1 aliphatic heterocycles. The number of aryl methyl sites for hydroxylation is 1. The number of nitrogens with one attached hydrogen (secondary N) is 1. The van der Waals surface area contributed by atoms with Gasteiger partial charge in [0, 0.05) is 17.5 Å². The molecule has 0 bridgehead atoms. The van der Waals surface area contributed by atoms with E-state index in [4.69, 9.17) is 4.42 Å². The molecule has 2 heterocycles. The third-order valence-electron chi connectivity index (χ3n) is 3.17. The topological polar surface area (TPSA) is 25.2 Å². The Labute approximate surface area is 107 Å². The zero-order valence-corrected chi connectivity index (χ0v) is 10.1. The molecule has 0 aliphatic carbocycles. The highest BCUT2D eigenvalue weighted by Gasteiger charge is 2.08. The number of benzene rings is 1. The van der Waals surface area contributed by atoms with E-state index in [0.717, 1.165) is 12.8 Å². The van der Waals surface area contributed by atoms with Gasteiger partial charge >= 0.3 is 0 Å². The summed E-state index contributed by atoms with van der Waals surface area (Å²) < 4.78 is 5.10. The van der Waals surface area contributed by atoms with Crippen molar-refractivity contribution in [3.63, 3.8) is 0 Å². The molecule has 0 saturated carbocycles. The molecule has 0 fully saturated rings. The first kappa shape index (κ1) is 10.9. The molecule has 1 aliphatic rings. The fourth-order valence-corrected chi connectivity index (χ4v) is 2.21. The minimum atomic E-state index is 1.00. The molecule has 3 rings (SSSR count). The number of furan rings is 1. The van der Waals surface area contributed by atoms with Gasteiger partial charge in [-0.15, -0.1) is 0 Å². The highest BCUT2D eigenvalue weighted by atomic mass is 16.3. The van der Waals surface area contributed by atoms with Gasteiger partial charge in [0.25, 0.3) is 0 Å². The van der Waals surface area contributed by atoms with Gasteiger partial charge in [0.1, 0.15) is 0 Å². The van der Waals surface area contributed by atoms with Gasteiger partial charge in [-0.2, -0.15) is 0 Å². The van der Waals surface area contributed by atoms with E-state index in [2.05, 4.69) is 41.7 Å². The van der Waals surface area contributed by atoms with E-state index >= 15 is 0 Å². The second-order valence-electron chi connectivity index (χ2n) is 4.37. The molecule has 1 aromatic carbocycles. The molecule has 1 aromatic heterocycles. The van der Waals surface area contributed by atoms with Crippen molar-refractivity contribution >= 4 is 11.3 Å². The van der Waals surface area contributed by atoms with Crippen LogP contribution < -0.4 is 5.32 Å². The van der Waals surface area contributed by atoms with Crippen LogP contribution in [0.1, 0.15) is 17.5 Å². The third kappa shape index (κ3) is 2.23. The van der Waals surface area contributed by atoms with Crippen molar-refractivity contribution in [2.75, 3.05) is 5.32 Å². The van der Waals surface area contributed by atoms with Crippen molar-refractivity contribution in [1.29, 1.82) is 0 Å². The Morgan fingerprint density at radius 2 is 2.00 bits per heavy atom. The first-order valence-electron chi connectivity index (χ1n) is 6.16. The molecular formula is C16H15NO. The van der Waals surface area contributed by atoms with E-state index in [0.29, 0.717) is 0 Å². The van der Waals surface area contributed by atoms with E-state index in [1.807, 2.05) is 18.5 Å². The summed E-state index contributed by atoms with van der Waals surface area (Å²) in [5.74, 6) is 0. The normalized spacial score (nSPS) is 13.4. The Morgan fingerprint density at radius 3 is 2.89 bits per heavy atom. The lowest BCUT2D eigenvalue weighted by molar-refractivity contribution is 0.564. The van der Waals surface area contributed by atoms with E-state index in [9.17, 15) is 0 Å². The highest BCUT2D eigenvalue weighted by molar-refractivity contribution is 5.79. The van der Waals surface area contributed by atoms with Crippen LogP contribution in [0.3, 0.4) is 0 Å². The summed E-state index contributed by atoms with van der Waals surface area (Å²) in [5.41, 5.74) is 5.05. The summed E-state index contributed by atoms with van der Waals surface area (Å²) in [6.45, 7) is 0. The van der Waals surface area contributed by atoms with Crippen molar-refractivity contribution in [2.24, 2.45) is 0 Å². The summed E-state index contributed by atoms with van der Waals surface area (Å²) in [6.07, 6.45) is 11.8. The summed E-state index contributed by atoms with van der Waals surface area (Å²) >= 11 is 0. The van der Waals surface area contributed by atoms with E-state index in [-0.39, 0.29) is 0 Å². The molecule has 0 unspecified atom stereocenters. The van der Waals surface area contributed by atoms with Crippen LogP contribution in [0.4, 0.5) is 5.69 Å². The number of hydrogen-bond acceptors (Lipinski definition) is 2. The van der Waals surface area contributed by atoms with Crippen molar-refractivity contribution in [3.05, 3.63) is 72.3 Å². The van der Waals surface area contributed by atoms with Crippen LogP contribution in [-0.2, 0) is 6.42 Å². The molecule has 0 saturated heterocycles. The predicted molar refractivity (Wildman–Crippen MR) is 74.2 cm³/mol. The van der Waals surface area contributed by atoms with Gasteiger partial charge in [-0.1, -0.05) is 24.3 Å². The maximum Gasteiger partial charge on any atom is 0.0934 e. The maximum atomic E-state index is 5.10. The lowest BCUT2D eigenvalue weighted by atomic mass is 9.98. The van der Waals surface area contributed by atoms with Gasteiger partial charge in [0.15, 0.2) is 0 Å². The molecule has 18 heavy (non-hydrogen) atoms. The summed E-state index contributed by atoms with van der Waals surface area (Å²) in [7, 11) is 0. The number of allylic oxidation sites excluding steroid dienone is 3. The van der Waals surface area contributed by atoms with E-state index in [1.165, 1.54) is 22.4 Å². The van der Waals surface area contributed by atoms with Crippen molar-refractivity contribution in [3.8, 4) is 0 Å². The number of rotatable bonds is 3. The maximum absolute atomic E-state index is 5.10. The smallest absolute Gasteiger partial charge is 0.0934 e. The van der Waals surface area contributed by atoms with Gasteiger partial charge in [-0.05, 0) is 42.2 Å². The van der Waals surface area contributed by atoms with Crippen LogP contribution in [0.2, 0.25) is 0 Å². The average Bonchev–Trinajstić information content (AvgIpc) is 2.84. The van der Waals surface area contributed by atoms with Crippen LogP contribution in [0, 0.1) is 0 Å². The van der Waals surface area contributed by atoms with Crippen molar-refractivity contribution in [2.45, 2.75) is 12.8 Å². The van der Waals surface area contributed by atoms with Crippen molar-refractivity contribution < 1.29 is 4.42 Å². The molecule has 90 valence electrons. The zero-order chi connectivity index (χ0) is 12.2. The monoisotopic (exact) mass is 237 g/mol. The minimum Gasteiger partial charge on any atom is -0.472 e. The van der Waals surface area contributed by atoms with Crippen LogP contribution >= 0.6 is 0 Å². The first-order valence-corrected chi connectivity index (χ1v) is 6.16. The summed E-state index contributed by atoms with van der Waals surface area (Å²) in [6, 6.07) is 10.4. The Hall–Kier alpha value is -2.22. The standard InChI is InChI=1S/C16H15NO/c1-2-6-16-15(5-1)14(4-3-10-17-16)8-7-13-9-11-18-12-13/h1-6,9-12,17H,7-8H2. The molecule has 2 heteroatoms. The van der Waals surface area contributed by atoms with Gasteiger partial charge < -0.3 is 9.73 Å². The summed E-state index contributed by atoms with van der Waals surface area (Å²) in [4.78, 5) is 0. The molecule has 0 radical (unpaired) electrons. The average molecular weight is 237 g/mol. The first-order chi connectivity index (χ1) is 8.93. The number of para-hydroxylation sites is 1. The van der Waals surface area contributed by atoms with E-state index in [1.54, 1.807) is 6.26 Å². The van der Waals surface area contributed by atoms with Crippen LogP contribution in [0.15, 0.2) is 65.6 Å². The second-order valence-corrected chi connectivity index (χ2v) is 4.37. The number of hydrogen-bond donors (Lipinski definition) is 1. The van der Waals surface area contributed by atoms with Crippen LogP contribution in [0.25, 0.3) is 5.57 Å². The largest absolute Gasteiger partial charge is 0.472 e. The lowest BCUT2D eigenvalue weighted by Crippen LogP contribution is -1.93.